The molecule has 0 fully saturated rings. The first-order chi connectivity index (χ1) is 27.7. The van der Waals surface area contributed by atoms with Gasteiger partial charge in [0.1, 0.15) is 11.5 Å². The molecule has 0 amide bonds. The third kappa shape index (κ3) is 4.79. The molecule has 0 aliphatic heterocycles. The third-order valence-corrected chi connectivity index (χ3v) is 11.5. The zero-order valence-electron chi connectivity index (χ0n) is 31.0. The summed E-state index contributed by atoms with van der Waals surface area (Å²) >= 11 is 0. The van der Waals surface area contributed by atoms with E-state index in [9.17, 15) is 0 Å². The molecule has 11 aromatic carbocycles. The molecule has 4 heteroatoms. The summed E-state index contributed by atoms with van der Waals surface area (Å²) in [5, 5.41) is 14.9. The maximum atomic E-state index is 6.08. The Morgan fingerprint density at radius 2 is 0.661 bits per heavy atom. The van der Waals surface area contributed by atoms with E-state index in [-0.39, 0.29) is 0 Å². The molecule has 0 heterocycles. The fourth-order valence-electron chi connectivity index (χ4n) is 9.05. The van der Waals surface area contributed by atoms with E-state index in [1.54, 1.807) is 14.2 Å². The number of methoxy groups -OCH3 is 2. The van der Waals surface area contributed by atoms with Crippen LogP contribution >= 0.6 is 0 Å². The monoisotopic (exact) mass is 720 g/mol. The molecule has 266 valence electrons. The summed E-state index contributed by atoms with van der Waals surface area (Å²) < 4.78 is 12.2. The normalized spacial score (nSPS) is 11.8. The molecule has 56 heavy (non-hydrogen) atoms. The standard InChI is InChI=1S/C52H36N2O2/c1-55-47-18-5-3-16-45(47)53(43-30-26-37-22-20-33-10-7-12-35-24-28-41(43)51(37)49(33)35)39-14-9-15-40(32-39)54(46-17-4-6-19-48(46)56-2)44-31-27-38-23-21-34-11-8-13-36-25-29-42(44)52(38)50(34)36/h3-32H,1-2H3. The number of anilines is 6. The quantitative estimate of drug-likeness (QED) is 0.146. The van der Waals surface area contributed by atoms with Gasteiger partial charge >= 0.3 is 0 Å². The van der Waals surface area contributed by atoms with Crippen LogP contribution in [0.25, 0.3) is 64.6 Å². The van der Waals surface area contributed by atoms with Crippen molar-refractivity contribution in [2.45, 2.75) is 0 Å². The summed E-state index contributed by atoms with van der Waals surface area (Å²) in [6.07, 6.45) is 0. The average molecular weight is 721 g/mol. The number of nitrogens with zero attached hydrogens (tertiary/aromatic N) is 2. The van der Waals surface area contributed by atoms with Crippen molar-refractivity contribution in [1.82, 2.24) is 0 Å². The van der Waals surface area contributed by atoms with Crippen LogP contribution in [0.4, 0.5) is 34.1 Å². The van der Waals surface area contributed by atoms with Crippen molar-refractivity contribution in [2.75, 3.05) is 24.0 Å². The van der Waals surface area contributed by atoms with Gasteiger partial charge in [-0.1, -0.05) is 127 Å². The van der Waals surface area contributed by atoms with Crippen molar-refractivity contribution < 1.29 is 9.47 Å². The third-order valence-electron chi connectivity index (χ3n) is 11.5. The second-order valence-corrected chi connectivity index (χ2v) is 14.4. The van der Waals surface area contributed by atoms with E-state index in [1.165, 1.54) is 64.6 Å². The molecule has 0 radical (unpaired) electrons. The molecule has 0 aliphatic carbocycles. The first kappa shape index (κ1) is 32.2. The average Bonchev–Trinajstić information content (AvgIpc) is 3.26. The fourth-order valence-corrected chi connectivity index (χ4v) is 9.05. The van der Waals surface area contributed by atoms with Crippen molar-refractivity contribution in [3.63, 3.8) is 0 Å². The maximum absolute atomic E-state index is 6.08. The van der Waals surface area contributed by atoms with Gasteiger partial charge < -0.3 is 19.3 Å². The van der Waals surface area contributed by atoms with E-state index in [4.69, 9.17) is 9.47 Å². The smallest absolute Gasteiger partial charge is 0.142 e. The van der Waals surface area contributed by atoms with Gasteiger partial charge in [0, 0.05) is 22.1 Å². The lowest BCUT2D eigenvalue weighted by molar-refractivity contribution is 0.416. The molecule has 0 unspecified atom stereocenters. The molecule has 4 nitrogen and oxygen atoms in total. The highest BCUT2D eigenvalue weighted by atomic mass is 16.5. The lowest BCUT2D eigenvalue weighted by Gasteiger charge is -2.32. The van der Waals surface area contributed by atoms with Crippen LogP contribution in [0.3, 0.4) is 0 Å². The Morgan fingerprint density at radius 3 is 1.09 bits per heavy atom. The zero-order valence-corrected chi connectivity index (χ0v) is 31.0. The van der Waals surface area contributed by atoms with Crippen molar-refractivity contribution in [1.29, 1.82) is 0 Å². The molecule has 0 N–H and O–H groups in total. The summed E-state index contributed by atoms with van der Waals surface area (Å²) in [4.78, 5) is 4.69. The number of benzene rings is 11. The summed E-state index contributed by atoms with van der Waals surface area (Å²) in [6, 6.07) is 65.5. The van der Waals surface area contributed by atoms with E-state index < -0.39 is 0 Å². The van der Waals surface area contributed by atoms with E-state index in [0.29, 0.717) is 0 Å². The van der Waals surface area contributed by atoms with Crippen LogP contribution in [0.2, 0.25) is 0 Å². The van der Waals surface area contributed by atoms with Crippen LogP contribution < -0.4 is 19.3 Å². The zero-order chi connectivity index (χ0) is 37.3. The molecule has 0 atom stereocenters. The number of ether oxygens (including phenoxy) is 2. The van der Waals surface area contributed by atoms with Gasteiger partial charge in [0.15, 0.2) is 0 Å². The topological polar surface area (TPSA) is 24.9 Å². The van der Waals surface area contributed by atoms with Crippen molar-refractivity contribution in [2.24, 2.45) is 0 Å². The van der Waals surface area contributed by atoms with Gasteiger partial charge in [-0.25, -0.2) is 0 Å². The Balaban J connectivity index is 1.18. The van der Waals surface area contributed by atoms with Gasteiger partial charge in [-0.2, -0.15) is 0 Å². The van der Waals surface area contributed by atoms with Crippen LogP contribution in [0, 0.1) is 0 Å². The highest BCUT2D eigenvalue weighted by molar-refractivity contribution is 6.27. The fraction of sp³-hybridized carbons (Fsp3) is 0.0385. The summed E-state index contributed by atoms with van der Waals surface area (Å²) in [7, 11) is 3.49. The minimum absolute atomic E-state index is 0.789. The van der Waals surface area contributed by atoms with Crippen molar-refractivity contribution >= 4 is 98.8 Å². The largest absolute Gasteiger partial charge is 0.495 e. The lowest BCUT2D eigenvalue weighted by Crippen LogP contribution is -2.15. The molecule has 0 saturated heterocycles. The van der Waals surface area contributed by atoms with Crippen LogP contribution in [-0.4, -0.2) is 14.2 Å². The Morgan fingerprint density at radius 1 is 0.304 bits per heavy atom. The number of para-hydroxylation sites is 4. The van der Waals surface area contributed by atoms with E-state index in [2.05, 4.69) is 168 Å². The molecule has 0 spiro atoms. The predicted octanol–water partition coefficient (Wildman–Crippen LogP) is 14.4. The molecule has 0 saturated carbocycles. The second-order valence-electron chi connectivity index (χ2n) is 14.4. The van der Waals surface area contributed by atoms with Gasteiger partial charge in [0.05, 0.1) is 37.0 Å². The Bertz CT molecular complexity index is 3010. The van der Waals surface area contributed by atoms with Gasteiger partial charge in [-0.15, -0.1) is 0 Å². The van der Waals surface area contributed by atoms with Crippen LogP contribution in [-0.2, 0) is 0 Å². The highest BCUT2D eigenvalue weighted by Crippen LogP contribution is 2.50. The summed E-state index contributed by atoms with van der Waals surface area (Å²) in [6.45, 7) is 0. The number of rotatable bonds is 8. The first-order valence-electron chi connectivity index (χ1n) is 19.0. The predicted molar refractivity (Wildman–Crippen MR) is 236 cm³/mol. The molecule has 11 aromatic rings. The van der Waals surface area contributed by atoms with E-state index >= 15 is 0 Å². The molecule has 11 rings (SSSR count). The minimum Gasteiger partial charge on any atom is -0.495 e. The van der Waals surface area contributed by atoms with E-state index in [1.807, 2.05) is 24.3 Å². The summed E-state index contributed by atoms with van der Waals surface area (Å²) in [5.74, 6) is 1.58. The SMILES string of the molecule is COc1ccccc1N(c1cccc(N(c2ccccc2OC)c2ccc3ccc4cccc5ccc2c3c45)c1)c1ccc2ccc3cccc4ccc1c2c34. The van der Waals surface area contributed by atoms with Gasteiger partial charge in [-0.05, 0) is 108 Å². The van der Waals surface area contributed by atoms with Gasteiger partial charge in [-0.3, -0.25) is 0 Å². The summed E-state index contributed by atoms with van der Waals surface area (Å²) in [5.41, 5.74) is 6.05. The number of hydrogen-bond acceptors (Lipinski definition) is 4. The van der Waals surface area contributed by atoms with Crippen LogP contribution in [0.5, 0.6) is 11.5 Å². The molecular weight excluding hydrogens is 685 g/mol. The Kier molecular flexibility index (Phi) is 7.26. The number of hydrogen-bond donors (Lipinski definition) is 0. The maximum Gasteiger partial charge on any atom is 0.142 e. The molecular formula is C52H36N2O2. The Labute approximate surface area is 324 Å². The first-order valence-corrected chi connectivity index (χ1v) is 19.0. The van der Waals surface area contributed by atoms with Crippen molar-refractivity contribution in [3.05, 3.63) is 182 Å². The highest BCUT2D eigenvalue weighted by Gasteiger charge is 2.25. The van der Waals surface area contributed by atoms with E-state index in [0.717, 1.165) is 45.6 Å². The Hall–Kier alpha value is -7.30. The molecule has 0 aromatic heterocycles. The molecule has 0 bridgehead atoms. The second kappa shape index (κ2) is 12.6. The van der Waals surface area contributed by atoms with Crippen LogP contribution in [0.15, 0.2) is 182 Å². The van der Waals surface area contributed by atoms with Crippen LogP contribution in [0.1, 0.15) is 0 Å². The lowest BCUT2D eigenvalue weighted by atomic mass is 9.93. The van der Waals surface area contributed by atoms with Crippen molar-refractivity contribution in [3.8, 4) is 11.5 Å². The minimum atomic E-state index is 0.789. The molecule has 0 aliphatic rings. The van der Waals surface area contributed by atoms with Gasteiger partial charge in [0.25, 0.3) is 0 Å². The van der Waals surface area contributed by atoms with Gasteiger partial charge in [0.2, 0.25) is 0 Å².